The number of amides is 1. The Bertz CT molecular complexity index is 1630. The van der Waals surface area contributed by atoms with Crippen LogP contribution in [0.4, 0.5) is 10.1 Å². The molecule has 0 fully saturated rings. The van der Waals surface area contributed by atoms with E-state index in [2.05, 4.69) is 18.5 Å². The van der Waals surface area contributed by atoms with Gasteiger partial charge in [0.05, 0.1) is 32.1 Å². The Morgan fingerprint density at radius 1 is 0.612 bits per heavy atom. The van der Waals surface area contributed by atoms with Crippen LogP contribution in [-0.2, 0) is 28.7 Å². The third kappa shape index (κ3) is 15.0. The number of halogens is 1. The summed E-state index contributed by atoms with van der Waals surface area (Å²) in [6, 6.07) is 17.8. The van der Waals surface area contributed by atoms with Crippen LogP contribution in [0.3, 0.4) is 0 Å². The molecule has 0 bridgehead atoms. The predicted octanol–water partition coefficient (Wildman–Crippen LogP) is 6.87. The predicted molar refractivity (Wildman–Crippen MR) is 183 cm³/mol. The second kappa shape index (κ2) is 21.0. The quantitative estimate of drug-likeness (QED) is 0.0593. The Kier molecular flexibility index (Phi) is 16.1. The fourth-order valence-electron chi connectivity index (χ4n) is 3.92. The van der Waals surface area contributed by atoms with Crippen LogP contribution in [0, 0.1) is 5.82 Å². The molecule has 1 amide bonds. The Hall–Kier alpha value is -5.97. The second-order valence-corrected chi connectivity index (χ2v) is 10.2. The van der Waals surface area contributed by atoms with Crippen molar-refractivity contribution in [3.63, 3.8) is 0 Å². The SMILES string of the molecule is C=CC(=O)OCCCCOc1ccc(/C=C/C(=O)Nc2ccc(OC(=O)/C=C/c3ccc(OCCCCOC(=O)C=C)cc3)cc2F)cc1. The average Bonchev–Trinajstić information content (AvgIpc) is 3.11. The highest BCUT2D eigenvalue weighted by atomic mass is 19.1. The molecule has 0 aliphatic rings. The Morgan fingerprint density at radius 3 is 1.57 bits per heavy atom. The molecule has 0 unspecified atom stereocenters. The third-order valence-electron chi connectivity index (χ3n) is 6.45. The summed E-state index contributed by atoms with van der Waals surface area (Å²) in [5.74, 6) is -1.66. The second-order valence-electron chi connectivity index (χ2n) is 10.2. The number of anilines is 1. The lowest BCUT2D eigenvalue weighted by molar-refractivity contribution is -0.138. The van der Waals surface area contributed by atoms with Crippen molar-refractivity contribution >= 4 is 41.7 Å². The number of hydrogen-bond acceptors (Lipinski definition) is 9. The number of rotatable bonds is 20. The van der Waals surface area contributed by atoms with Gasteiger partial charge in [-0.3, -0.25) is 4.79 Å². The average molecular weight is 672 g/mol. The maximum Gasteiger partial charge on any atom is 0.336 e. The molecule has 3 aromatic carbocycles. The van der Waals surface area contributed by atoms with E-state index in [1.54, 1.807) is 60.7 Å². The van der Waals surface area contributed by atoms with Crippen LogP contribution >= 0.6 is 0 Å². The van der Waals surface area contributed by atoms with Gasteiger partial charge >= 0.3 is 17.9 Å². The van der Waals surface area contributed by atoms with Gasteiger partial charge in [0, 0.05) is 30.4 Å². The van der Waals surface area contributed by atoms with Gasteiger partial charge < -0.3 is 29.0 Å². The van der Waals surface area contributed by atoms with Gasteiger partial charge in [-0.05, 0) is 85.4 Å². The molecule has 0 atom stereocenters. The molecule has 0 spiro atoms. The topological polar surface area (TPSA) is 126 Å². The normalized spacial score (nSPS) is 10.7. The number of carbonyl (C=O) groups is 4. The maximum atomic E-state index is 14.7. The zero-order chi connectivity index (χ0) is 35.3. The molecule has 3 rings (SSSR count). The number of unbranched alkanes of at least 4 members (excludes halogenated alkanes) is 2. The molecule has 0 heterocycles. The first-order chi connectivity index (χ1) is 23.7. The zero-order valence-electron chi connectivity index (χ0n) is 26.9. The van der Waals surface area contributed by atoms with E-state index in [1.165, 1.54) is 24.3 Å². The van der Waals surface area contributed by atoms with Crippen molar-refractivity contribution in [1.82, 2.24) is 0 Å². The van der Waals surface area contributed by atoms with Crippen molar-refractivity contribution in [3.05, 3.63) is 121 Å². The van der Waals surface area contributed by atoms with Crippen LogP contribution in [0.2, 0.25) is 0 Å². The standard InChI is InChI=1S/C38H38FNO9/c1-3-36(42)47-25-7-5-23-45-30-15-9-28(10-16-30)13-21-35(41)40-34-20-19-32(27-33(34)39)49-38(44)22-14-29-11-17-31(18-12-29)46-24-6-8-26-48-37(43)4-2/h3-4,9-22,27H,1-2,5-8,23-26H2,(H,40,41)/b21-13+,22-14+. The highest BCUT2D eigenvalue weighted by Crippen LogP contribution is 2.22. The van der Waals surface area contributed by atoms with Crippen LogP contribution in [0.25, 0.3) is 12.2 Å². The van der Waals surface area contributed by atoms with Gasteiger partial charge in [0.2, 0.25) is 5.91 Å². The van der Waals surface area contributed by atoms with Crippen molar-refractivity contribution in [1.29, 1.82) is 0 Å². The number of ether oxygens (including phenoxy) is 5. The molecule has 256 valence electrons. The number of esters is 3. The molecular weight excluding hydrogens is 633 g/mol. The molecule has 11 heteroatoms. The van der Waals surface area contributed by atoms with E-state index in [1.807, 2.05) is 0 Å². The fourth-order valence-corrected chi connectivity index (χ4v) is 3.92. The smallest absolute Gasteiger partial charge is 0.336 e. The Labute approximate surface area is 284 Å². The van der Waals surface area contributed by atoms with Gasteiger partial charge in [0.1, 0.15) is 23.1 Å². The first-order valence-corrected chi connectivity index (χ1v) is 15.5. The summed E-state index contributed by atoms with van der Waals surface area (Å²) in [6.07, 6.45) is 10.6. The molecule has 0 saturated heterocycles. The summed E-state index contributed by atoms with van der Waals surface area (Å²) < 4.78 is 41.0. The van der Waals surface area contributed by atoms with Crippen molar-refractivity contribution < 1.29 is 47.3 Å². The van der Waals surface area contributed by atoms with Crippen LogP contribution in [0.1, 0.15) is 36.8 Å². The number of nitrogens with one attached hydrogen (secondary N) is 1. The molecule has 0 aliphatic carbocycles. The molecular formula is C38H38FNO9. The van der Waals surface area contributed by atoms with Crippen LogP contribution in [-0.4, -0.2) is 50.2 Å². The van der Waals surface area contributed by atoms with E-state index in [4.69, 9.17) is 23.7 Å². The molecule has 10 nitrogen and oxygen atoms in total. The minimum absolute atomic E-state index is 0.0258. The van der Waals surface area contributed by atoms with Crippen molar-refractivity contribution in [3.8, 4) is 17.2 Å². The Balaban J connectivity index is 1.37. The summed E-state index contributed by atoms with van der Waals surface area (Å²) in [7, 11) is 0. The van der Waals surface area contributed by atoms with E-state index in [0.717, 1.165) is 29.3 Å². The summed E-state index contributed by atoms with van der Waals surface area (Å²) >= 11 is 0. The van der Waals surface area contributed by atoms with Crippen LogP contribution in [0.15, 0.2) is 104 Å². The lowest BCUT2D eigenvalue weighted by Crippen LogP contribution is -2.10. The van der Waals surface area contributed by atoms with Gasteiger partial charge in [-0.25, -0.2) is 18.8 Å². The van der Waals surface area contributed by atoms with Gasteiger partial charge in [0.15, 0.2) is 0 Å². The number of hydrogen-bond donors (Lipinski definition) is 1. The molecule has 49 heavy (non-hydrogen) atoms. The van der Waals surface area contributed by atoms with Crippen molar-refractivity contribution in [2.45, 2.75) is 25.7 Å². The first kappa shape index (κ1) is 37.5. The van der Waals surface area contributed by atoms with E-state index < -0.39 is 29.6 Å². The summed E-state index contributed by atoms with van der Waals surface area (Å²) in [5, 5.41) is 2.46. The monoisotopic (exact) mass is 671 g/mol. The highest BCUT2D eigenvalue weighted by molar-refractivity contribution is 6.02. The minimum Gasteiger partial charge on any atom is -0.494 e. The lowest BCUT2D eigenvalue weighted by atomic mass is 10.2. The summed E-state index contributed by atoms with van der Waals surface area (Å²) in [5.41, 5.74) is 1.38. The number of benzene rings is 3. The highest BCUT2D eigenvalue weighted by Gasteiger charge is 2.09. The van der Waals surface area contributed by atoms with Gasteiger partial charge in [-0.2, -0.15) is 0 Å². The van der Waals surface area contributed by atoms with E-state index in [0.29, 0.717) is 63.6 Å². The van der Waals surface area contributed by atoms with E-state index in [9.17, 15) is 23.6 Å². The summed E-state index contributed by atoms with van der Waals surface area (Å²) in [4.78, 5) is 46.7. The van der Waals surface area contributed by atoms with Crippen LogP contribution in [0.5, 0.6) is 17.2 Å². The fraction of sp³-hybridized carbons (Fsp3) is 0.211. The van der Waals surface area contributed by atoms with Gasteiger partial charge in [0.25, 0.3) is 0 Å². The third-order valence-corrected chi connectivity index (χ3v) is 6.45. The van der Waals surface area contributed by atoms with Crippen molar-refractivity contribution in [2.75, 3.05) is 31.7 Å². The zero-order valence-corrected chi connectivity index (χ0v) is 26.9. The van der Waals surface area contributed by atoms with Gasteiger partial charge in [-0.15, -0.1) is 0 Å². The minimum atomic E-state index is -0.773. The molecule has 1 N–H and O–H groups in total. The maximum absolute atomic E-state index is 14.7. The molecule has 0 radical (unpaired) electrons. The molecule has 0 aliphatic heterocycles. The lowest BCUT2D eigenvalue weighted by Gasteiger charge is -2.07. The molecule has 0 saturated carbocycles. The van der Waals surface area contributed by atoms with Crippen LogP contribution < -0.4 is 19.5 Å². The largest absolute Gasteiger partial charge is 0.494 e. The van der Waals surface area contributed by atoms with Crippen molar-refractivity contribution in [2.24, 2.45) is 0 Å². The molecule has 3 aromatic rings. The van der Waals surface area contributed by atoms with Gasteiger partial charge in [-0.1, -0.05) is 37.4 Å². The Morgan fingerprint density at radius 2 is 1.08 bits per heavy atom. The van der Waals surface area contributed by atoms with E-state index >= 15 is 0 Å². The van der Waals surface area contributed by atoms with E-state index in [-0.39, 0.29) is 11.4 Å². The first-order valence-electron chi connectivity index (χ1n) is 15.5. The number of carbonyl (C=O) groups excluding carboxylic acids is 4. The summed E-state index contributed by atoms with van der Waals surface area (Å²) in [6.45, 7) is 8.19. The molecule has 0 aromatic heterocycles.